The zero-order chi connectivity index (χ0) is 47.3. The van der Waals surface area contributed by atoms with Crippen LogP contribution < -0.4 is 15.4 Å². The third kappa shape index (κ3) is 14.6. The summed E-state index contributed by atoms with van der Waals surface area (Å²) in [5, 5.41) is 24.5. The molecule has 4 aromatic heterocycles. The van der Waals surface area contributed by atoms with E-state index in [0.717, 1.165) is 43.1 Å². The molecule has 0 saturated carbocycles. The number of nitrogens with one attached hydrogen (secondary N) is 2. The predicted octanol–water partition coefficient (Wildman–Crippen LogP) is 11.2. The minimum Gasteiger partial charge on any atom is -0.494 e. The van der Waals surface area contributed by atoms with Gasteiger partial charge in [-0.25, -0.2) is 29.5 Å². The zero-order valence-corrected chi connectivity index (χ0v) is 40.8. The molecule has 4 heterocycles. The number of halogens is 1. The van der Waals surface area contributed by atoms with Crippen LogP contribution in [0.5, 0.6) is 5.75 Å². The Morgan fingerprint density at radius 2 is 1.11 bits per heavy atom. The number of aliphatic carboxylic acids is 2. The minimum atomic E-state index is -1.35. The highest BCUT2D eigenvalue weighted by Gasteiger charge is 2.28. The highest BCUT2D eigenvalue weighted by atomic mass is 79.9. The number of aromatic nitrogens is 4. The van der Waals surface area contributed by atoms with Crippen LogP contribution in [0.25, 0.3) is 22.5 Å². The molecule has 13 nitrogen and oxygen atoms in total. The quantitative estimate of drug-likeness (QED) is 0.0635. The van der Waals surface area contributed by atoms with Gasteiger partial charge in [-0.3, -0.25) is 9.59 Å². The van der Waals surface area contributed by atoms with Crippen LogP contribution >= 0.6 is 38.6 Å². The van der Waals surface area contributed by atoms with Crippen LogP contribution in [-0.4, -0.2) is 60.5 Å². The molecule has 2 aromatic carbocycles. The third-order valence-corrected chi connectivity index (χ3v) is 13.4. The predicted molar refractivity (Wildman–Crippen MR) is 259 cm³/mol. The molecule has 2 atom stereocenters. The summed E-state index contributed by atoms with van der Waals surface area (Å²) in [6, 6.07) is 19.2. The van der Waals surface area contributed by atoms with Gasteiger partial charge in [0.05, 0.1) is 20.8 Å². The summed E-state index contributed by atoms with van der Waals surface area (Å²) in [6.07, 6.45) is 12.4. The topological polar surface area (TPSA) is 194 Å². The van der Waals surface area contributed by atoms with Crippen molar-refractivity contribution in [2.24, 2.45) is 0 Å². The van der Waals surface area contributed by atoms with Crippen molar-refractivity contribution < 1.29 is 34.1 Å². The van der Waals surface area contributed by atoms with E-state index in [-0.39, 0.29) is 16.7 Å². The fourth-order valence-electron chi connectivity index (χ4n) is 6.22. The summed E-state index contributed by atoms with van der Waals surface area (Å²) < 4.78 is 6.58. The number of rotatable bonds is 17. The van der Waals surface area contributed by atoms with E-state index >= 15 is 0 Å². The van der Waals surface area contributed by atoms with E-state index in [4.69, 9.17) is 4.74 Å². The van der Waals surface area contributed by atoms with Gasteiger partial charge in [-0.05, 0) is 80.7 Å². The fraction of sp³-hybridized carbons (Fsp3) is 0.347. The Morgan fingerprint density at radius 3 is 1.58 bits per heavy atom. The van der Waals surface area contributed by atoms with Gasteiger partial charge in [0, 0.05) is 45.7 Å². The van der Waals surface area contributed by atoms with Gasteiger partial charge in [-0.1, -0.05) is 111 Å². The lowest BCUT2D eigenvalue weighted by molar-refractivity contribution is -0.140. The minimum absolute atomic E-state index is 0.0234. The summed E-state index contributed by atoms with van der Waals surface area (Å²) in [4.78, 5) is 68.9. The standard InChI is InChI=1S/C28H35N3O4S.C21H20BrN3O3S/c1-5-6-7-8-9-16-35-21-12-10-19(11-13-21)20-17-29-25(30-18-20)24(27(33)34)31-26(32)22-14-15-23(36-22)28(2,3)4;1-21(2,3)16-9-8-15(29-16)19(26)25-17(20(27)28)12-4-6-13(7-5-12)18-23-10-14(22)11-24-18/h10-15,17-18,24H,5-9,16H2,1-4H3,(H,31,32)(H,33,34);4-11,17H,1-3H3,(H,25,26)(H,27,28). The number of carbonyl (C=O) groups is 4. The Hall–Kier alpha value is -5.84. The molecule has 2 unspecified atom stereocenters. The second-order valence-electron chi connectivity index (χ2n) is 17.3. The number of amides is 2. The molecule has 4 N–H and O–H groups in total. The molecule has 0 fully saturated rings. The lowest BCUT2D eigenvalue weighted by Gasteiger charge is -2.16. The molecule has 0 aliphatic carbocycles. The van der Waals surface area contributed by atoms with Crippen LogP contribution in [-0.2, 0) is 20.4 Å². The number of unbranched alkanes of at least 4 members (excludes halogenated alkanes) is 4. The second-order valence-corrected chi connectivity index (χ2v) is 20.4. The van der Waals surface area contributed by atoms with E-state index < -0.39 is 35.8 Å². The monoisotopic (exact) mass is 982 g/mol. The van der Waals surface area contributed by atoms with Gasteiger partial charge in [0.2, 0.25) is 0 Å². The number of hydrogen-bond acceptors (Lipinski definition) is 11. The van der Waals surface area contributed by atoms with Crippen molar-refractivity contribution in [3.05, 3.63) is 133 Å². The SMILES string of the molecule is CC(C)(C)c1ccc(C(=O)NC(C(=O)O)c2ccc(-c3ncc(Br)cn3)cc2)s1.CCCCCCCOc1ccc(-c2cnc(C(NC(=O)c3ccc(C(C)(C)C)s3)C(=O)O)nc2)cc1. The molecule has 0 saturated heterocycles. The molecule has 6 rings (SSSR count). The molecule has 6 aromatic rings. The van der Waals surface area contributed by atoms with Crippen LogP contribution in [0, 0.1) is 0 Å². The molecule has 0 aliphatic heterocycles. The maximum atomic E-state index is 12.7. The first-order chi connectivity index (χ1) is 30.8. The van der Waals surface area contributed by atoms with Crippen LogP contribution in [0.3, 0.4) is 0 Å². The molecule has 0 radical (unpaired) electrons. The number of thiophene rings is 2. The number of nitrogens with zero attached hydrogens (tertiary/aromatic N) is 4. The van der Waals surface area contributed by atoms with Gasteiger partial charge in [-0.15, -0.1) is 22.7 Å². The van der Waals surface area contributed by atoms with Crippen LogP contribution in [0.15, 0.2) is 102 Å². The largest absolute Gasteiger partial charge is 0.494 e. The van der Waals surface area contributed by atoms with Crippen molar-refractivity contribution in [2.45, 2.75) is 103 Å². The number of carbonyl (C=O) groups excluding carboxylic acids is 2. The van der Waals surface area contributed by atoms with E-state index in [9.17, 15) is 29.4 Å². The van der Waals surface area contributed by atoms with Crippen LogP contribution in [0.4, 0.5) is 0 Å². The molecule has 2 amide bonds. The van der Waals surface area contributed by atoms with E-state index in [0.29, 0.717) is 27.7 Å². The molecule has 0 aliphatic rings. The van der Waals surface area contributed by atoms with Crippen LogP contribution in [0.2, 0.25) is 0 Å². The summed E-state index contributed by atoms with van der Waals surface area (Å²) in [5.41, 5.74) is 2.70. The molecule has 16 heteroatoms. The summed E-state index contributed by atoms with van der Waals surface area (Å²) >= 11 is 6.01. The van der Waals surface area contributed by atoms with Crippen molar-refractivity contribution in [3.63, 3.8) is 0 Å². The second kappa shape index (κ2) is 22.9. The molecular weight excluding hydrogens is 929 g/mol. The number of carboxylic acids is 2. The number of benzene rings is 2. The summed E-state index contributed by atoms with van der Waals surface area (Å²) in [6.45, 7) is 15.3. The van der Waals surface area contributed by atoms with Crippen molar-refractivity contribution in [1.29, 1.82) is 0 Å². The smallest absolute Gasteiger partial charge is 0.334 e. The van der Waals surface area contributed by atoms with Crippen molar-refractivity contribution in [1.82, 2.24) is 30.6 Å². The first kappa shape index (κ1) is 50.2. The third-order valence-electron chi connectivity index (χ3n) is 9.94. The maximum Gasteiger partial charge on any atom is 0.334 e. The fourth-order valence-corrected chi connectivity index (χ4v) is 8.35. The number of ether oxygens (including phenoxy) is 1. The van der Waals surface area contributed by atoms with Gasteiger partial charge >= 0.3 is 11.9 Å². The number of carboxylic acid groups (broad SMARTS) is 2. The maximum absolute atomic E-state index is 12.7. The van der Waals surface area contributed by atoms with Gasteiger partial charge in [0.25, 0.3) is 11.8 Å². The lowest BCUT2D eigenvalue weighted by Crippen LogP contribution is -2.34. The number of hydrogen-bond donors (Lipinski definition) is 4. The first-order valence-corrected chi connectivity index (χ1v) is 23.7. The van der Waals surface area contributed by atoms with Gasteiger partial charge in [0.1, 0.15) is 5.75 Å². The van der Waals surface area contributed by atoms with Gasteiger partial charge < -0.3 is 25.6 Å². The van der Waals surface area contributed by atoms with Crippen molar-refractivity contribution in [2.75, 3.05) is 6.61 Å². The average molecular weight is 984 g/mol. The van der Waals surface area contributed by atoms with Crippen molar-refractivity contribution in [3.8, 4) is 28.3 Å². The molecule has 0 spiro atoms. The van der Waals surface area contributed by atoms with Gasteiger partial charge in [-0.2, -0.15) is 0 Å². The van der Waals surface area contributed by atoms with E-state index in [1.165, 1.54) is 48.4 Å². The zero-order valence-electron chi connectivity index (χ0n) is 37.6. The summed E-state index contributed by atoms with van der Waals surface area (Å²) in [7, 11) is 0. The Morgan fingerprint density at radius 1 is 0.615 bits per heavy atom. The lowest BCUT2D eigenvalue weighted by atomic mass is 9.95. The Kier molecular flexibility index (Phi) is 17.6. The molecular formula is C49H55BrN6O7S2. The Balaban J connectivity index is 0.000000250. The highest BCUT2D eigenvalue weighted by Crippen LogP contribution is 2.31. The van der Waals surface area contributed by atoms with E-state index in [1.807, 2.05) is 36.4 Å². The molecule has 65 heavy (non-hydrogen) atoms. The Labute approximate surface area is 396 Å². The van der Waals surface area contributed by atoms with Gasteiger partial charge in [0.15, 0.2) is 23.7 Å². The van der Waals surface area contributed by atoms with Crippen LogP contribution in [0.1, 0.15) is 133 Å². The molecule has 0 bridgehead atoms. The molecule has 342 valence electrons. The Bertz CT molecular complexity index is 2510. The first-order valence-electron chi connectivity index (χ1n) is 21.2. The normalized spacial score (nSPS) is 12.3. The van der Waals surface area contributed by atoms with Crippen molar-refractivity contribution >= 4 is 62.4 Å². The highest BCUT2D eigenvalue weighted by molar-refractivity contribution is 9.10. The van der Waals surface area contributed by atoms with E-state index in [2.05, 4.69) is 95.0 Å². The summed E-state index contributed by atoms with van der Waals surface area (Å²) in [5.74, 6) is -1.85. The van der Waals surface area contributed by atoms with E-state index in [1.54, 1.807) is 61.2 Å². The average Bonchev–Trinajstić information content (AvgIpc) is 3.99.